The highest BCUT2D eigenvalue weighted by Crippen LogP contribution is 2.24. The molecule has 1 fully saturated rings. The standard InChI is InChI=1S/C24H32FN3O3S/c1-4-18-8-10-19(11-9-18)22(27(2)3)17-26-24(29)20-12-13-21(25)23(16-20)32(30,31)28-14-6-5-7-15-28/h8-13,16,22H,4-7,14-15,17H2,1-3H3,(H,26,29). The van der Waals surface area contributed by atoms with Crippen LogP contribution in [0.25, 0.3) is 0 Å². The molecular formula is C24H32FN3O3S. The van der Waals surface area contributed by atoms with Gasteiger partial charge in [-0.15, -0.1) is 0 Å². The molecule has 1 aliphatic rings. The van der Waals surface area contributed by atoms with E-state index < -0.39 is 26.6 Å². The molecular weight excluding hydrogens is 429 g/mol. The number of nitrogens with zero attached hydrogens (tertiary/aromatic N) is 2. The molecule has 0 spiro atoms. The van der Waals surface area contributed by atoms with E-state index in [9.17, 15) is 17.6 Å². The summed E-state index contributed by atoms with van der Waals surface area (Å²) in [4.78, 5) is 14.4. The minimum atomic E-state index is -3.97. The van der Waals surface area contributed by atoms with E-state index in [0.29, 0.717) is 19.6 Å². The number of benzene rings is 2. The van der Waals surface area contributed by atoms with Crippen molar-refractivity contribution >= 4 is 15.9 Å². The third-order valence-electron chi connectivity index (χ3n) is 5.98. The summed E-state index contributed by atoms with van der Waals surface area (Å²) in [5, 5.41) is 2.87. The molecule has 2 aromatic carbocycles. The van der Waals surface area contributed by atoms with Crippen LogP contribution in [-0.4, -0.2) is 57.3 Å². The number of aryl methyl sites for hydroxylation is 1. The van der Waals surface area contributed by atoms with Crippen LogP contribution in [0, 0.1) is 5.82 Å². The van der Waals surface area contributed by atoms with Crippen LogP contribution in [0.3, 0.4) is 0 Å². The predicted molar refractivity (Wildman–Crippen MR) is 124 cm³/mol. The van der Waals surface area contributed by atoms with E-state index in [-0.39, 0.29) is 11.6 Å². The average Bonchev–Trinajstić information content (AvgIpc) is 2.80. The molecule has 0 aliphatic carbocycles. The maximum absolute atomic E-state index is 14.4. The SMILES string of the molecule is CCc1ccc(C(CNC(=O)c2ccc(F)c(S(=O)(=O)N3CCCCC3)c2)N(C)C)cc1. The fraction of sp³-hybridized carbons (Fsp3) is 0.458. The van der Waals surface area contributed by atoms with Crippen LogP contribution < -0.4 is 5.32 Å². The molecule has 0 aromatic heterocycles. The molecule has 8 heteroatoms. The predicted octanol–water partition coefficient (Wildman–Crippen LogP) is 3.60. The first kappa shape index (κ1) is 24.4. The summed E-state index contributed by atoms with van der Waals surface area (Å²) in [6.45, 7) is 3.18. The quantitative estimate of drug-likeness (QED) is 0.652. The van der Waals surface area contributed by atoms with Gasteiger partial charge >= 0.3 is 0 Å². The Morgan fingerprint density at radius 2 is 1.75 bits per heavy atom. The van der Waals surface area contributed by atoms with Gasteiger partial charge in [-0.3, -0.25) is 4.79 Å². The Balaban J connectivity index is 1.76. The molecule has 1 heterocycles. The smallest absolute Gasteiger partial charge is 0.251 e. The lowest BCUT2D eigenvalue weighted by Gasteiger charge is -2.26. The van der Waals surface area contributed by atoms with Crippen molar-refractivity contribution in [2.24, 2.45) is 0 Å². The second-order valence-electron chi connectivity index (χ2n) is 8.39. The summed E-state index contributed by atoms with van der Waals surface area (Å²) in [6.07, 6.45) is 3.43. The first-order valence-electron chi connectivity index (χ1n) is 11.1. The number of carbonyl (C=O) groups is 1. The molecule has 3 rings (SSSR count). The lowest BCUT2D eigenvalue weighted by atomic mass is 10.0. The average molecular weight is 462 g/mol. The third-order valence-corrected chi connectivity index (χ3v) is 7.89. The summed E-state index contributed by atoms with van der Waals surface area (Å²) in [6, 6.07) is 11.7. The topological polar surface area (TPSA) is 69.7 Å². The van der Waals surface area contributed by atoms with Crippen molar-refractivity contribution in [1.29, 1.82) is 0 Å². The molecule has 6 nitrogen and oxygen atoms in total. The molecule has 1 N–H and O–H groups in total. The summed E-state index contributed by atoms with van der Waals surface area (Å²) < 4.78 is 41.6. The number of piperidine rings is 1. The minimum Gasteiger partial charge on any atom is -0.350 e. The number of sulfonamides is 1. The molecule has 32 heavy (non-hydrogen) atoms. The second-order valence-corrected chi connectivity index (χ2v) is 10.3. The number of rotatable bonds is 8. The van der Waals surface area contributed by atoms with E-state index in [1.807, 2.05) is 19.0 Å². The molecule has 1 aliphatic heterocycles. The van der Waals surface area contributed by atoms with E-state index in [4.69, 9.17) is 0 Å². The Bertz CT molecular complexity index is 1030. The molecule has 0 radical (unpaired) electrons. The Kier molecular flexibility index (Phi) is 8.03. The van der Waals surface area contributed by atoms with E-state index in [1.165, 1.54) is 15.9 Å². The number of nitrogens with one attached hydrogen (secondary N) is 1. The second kappa shape index (κ2) is 10.6. The maximum atomic E-state index is 14.4. The van der Waals surface area contributed by atoms with Gasteiger partial charge in [-0.05, 0) is 62.7 Å². The Morgan fingerprint density at radius 3 is 2.34 bits per heavy atom. The number of hydrogen-bond acceptors (Lipinski definition) is 4. The highest BCUT2D eigenvalue weighted by atomic mass is 32.2. The molecule has 0 bridgehead atoms. The van der Waals surface area contributed by atoms with Crippen molar-refractivity contribution in [2.75, 3.05) is 33.7 Å². The van der Waals surface area contributed by atoms with Crippen LogP contribution in [0.2, 0.25) is 0 Å². The van der Waals surface area contributed by atoms with Crippen molar-refractivity contribution in [3.8, 4) is 0 Å². The van der Waals surface area contributed by atoms with Gasteiger partial charge in [0.1, 0.15) is 10.7 Å². The van der Waals surface area contributed by atoms with Crippen molar-refractivity contribution < 1.29 is 17.6 Å². The minimum absolute atomic E-state index is 0.0538. The molecule has 2 aromatic rings. The van der Waals surface area contributed by atoms with Gasteiger partial charge in [0.25, 0.3) is 5.91 Å². The lowest BCUT2D eigenvalue weighted by molar-refractivity contribution is 0.0941. The molecule has 1 saturated heterocycles. The van der Waals surface area contributed by atoms with Gasteiger partial charge in [-0.25, -0.2) is 12.8 Å². The van der Waals surface area contributed by atoms with Gasteiger partial charge < -0.3 is 10.2 Å². The third kappa shape index (κ3) is 5.54. The largest absolute Gasteiger partial charge is 0.350 e. The zero-order valence-electron chi connectivity index (χ0n) is 19.0. The highest BCUT2D eigenvalue weighted by molar-refractivity contribution is 7.89. The van der Waals surface area contributed by atoms with Crippen molar-refractivity contribution in [3.63, 3.8) is 0 Å². The fourth-order valence-electron chi connectivity index (χ4n) is 3.95. The molecule has 174 valence electrons. The molecule has 1 unspecified atom stereocenters. The fourth-order valence-corrected chi connectivity index (χ4v) is 5.56. The van der Waals surface area contributed by atoms with Crippen LogP contribution in [0.1, 0.15) is 53.7 Å². The van der Waals surface area contributed by atoms with Crippen LogP contribution in [0.4, 0.5) is 4.39 Å². The zero-order chi connectivity index (χ0) is 23.3. The molecule has 1 amide bonds. The molecule has 1 atom stereocenters. The Morgan fingerprint density at radius 1 is 1.09 bits per heavy atom. The van der Waals surface area contributed by atoms with Crippen LogP contribution in [-0.2, 0) is 16.4 Å². The summed E-state index contributed by atoms with van der Waals surface area (Å²) in [7, 11) is -0.100. The van der Waals surface area contributed by atoms with E-state index in [2.05, 4.69) is 36.5 Å². The Labute approximate surface area is 190 Å². The number of carbonyl (C=O) groups excluding carboxylic acids is 1. The van der Waals surface area contributed by atoms with Gasteiger partial charge in [0, 0.05) is 25.2 Å². The monoisotopic (exact) mass is 461 g/mol. The van der Waals surface area contributed by atoms with Gasteiger partial charge in [0.15, 0.2) is 0 Å². The van der Waals surface area contributed by atoms with Gasteiger partial charge in [0.05, 0.1) is 6.04 Å². The van der Waals surface area contributed by atoms with Gasteiger partial charge in [-0.1, -0.05) is 37.6 Å². The van der Waals surface area contributed by atoms with Crippen molar-refractivity contribution in [1.82, 2.24) is 14.5 Å². The molecule has 0 saturated carbocycles. The van der Waals surface area contributed by atoms with Crippen molar-refractivity contribution in [3.05, 3.63) is 65.0 Å². The summed E-state index contributed by atoms with van der Waals surface area (Å²) in [5.74, 6) is -1.27. The number of hydrogen-bond donors (Lipinski definition) is 1. The van der Waals surface area contributed by atoms with Crippen LogP contribution in [0.15, 0.2) is 47.4 Å². The number of halogens is 1. The van der Waals surface area contributed by atoms with E-state index in [1.54, 1.807) is 0 Å². The highest BCUT2D eigenvalue weighted by Gasteiger charge is 2.29. The first-order chi connectivity index (χ1) is 15.2. The Hall–Kier alpha value is -2.29. The summed E-state index contributed by atoms with van der Waals surface area (Å²) in [5.41, 5.74) is 2.44. The van der Waals surface area contributed by atoms with Crippen LogP contribution >= 0.6 is 0 Å². The first-order valence-corrected chi connectivity index (χ1v) is 12.5. The zero-order valence-corrected chi connectivity index (χ0v) is 19.8. The van der Waals surface area contributed by atoms with Crippen molar-refractivity contribution in [2.45, 2.75) is 43.5 Å². The lowest BCUT2D eigenvalue weighted by Crippen LogP contribution is -2.36. The maximum Gasteiger partial charge on any atom is 0.251 e. The van der Waals surface area contributed by atoms with Crippen LogP contribution in [0.5, 0.6) is 0 Å². The van der Waals surface area contributed by atoms with Gasteiger partial charge in [0.2, 0.25) is 10.0 Å². The number of amides is 1. The van der Waals surface area contributed by atoms with E-state index in [0.717, 1.165) is 43.4 Å². The normalized spacial score (nSPS) is 16.2. The van der Waals surface area contributed by atoms with Gasteiger partial charge in [-0.2, -0.15) is 4.31 Å². The summed E-state index contributed by atoms with van der Waals surface area (Å²) >= 11 is 0. The number of likely N-dealkylation sites (N-methyl/N-ethyl adjacent to an activating group) is 1. The van der Waals surface area contributed by atoms with E-state index >= 15 is 0 Å².